The second-order valence-electron chi connectivity index (χ2n) is 6.89. The molecule has 0 radical (unpaired) electrons. The molecule has 136 valence electrons. The number of benzene rings is 1. The molecule has 3 rings (SSSR count). The van der Waals surface area contributed by atoms with Crippen LogP contribution in [0.15, 0.2) is 24.3 Å². The molecule has 1 aromatic rings. The van der Waals surface area contributed by atoms with E-state index in [0.717, 1.165) is 12.8 Å². The third-order valence-corrected chi connectivity index (χ3v) is 5.43. The van der Waals surface area contributed by atoms with Gasteiger partial charge in [0.05, 0.1) is 6.61 Å². The Balaban J connectivity index is 1.71. The number of β-amino-alcohol motifs (C(OH)–C–C–N with tert-alkyl or cyclic N) is 1. The molecule has 1 spiro atoms. The zero-order valence-electron chi connectivity index (χ0n) is 14.4. The van der Waals surface area contributed by atoms with Gasteiger partial charge in [-0.1, -0.05) is 18.2 Å². The number of aliphatic hydroxyl groups is 1. The Morgan fingerprint density at radius 2 is 1.92 bits per heavy atom. The molecule has 2 saturated heterocycles. The van der Waals surface area contributed by atoms with E-state index in [1.807, 2.05) is 0 Å². The molecule has 0 saturated carbocycles. The van der Waals surface area contributed by atoms with Gasteiger partial charge < -0.3 is 14.9 Å². The molecule has 1 aromatic carbocycles. The average molecular weight is 348 g/mol. The lowest BCUT2D eigenvalue weighted by atomic mass is 9.85. The number of nitrogens with zero attached hydrogens (tertiary/aromatic N) is 2. The van der Waals surface area contributed by atoms with Gasteiger partial charge in [-0.25, -0.2) is 4.39 Å². The molecule has 5 nitrogen and oxygen atoms in total. The quantitative estimate of drug-likeness (QED) is 0.882. The fraction of sp³-hybridized carbons (Fsp3) is 0.579. The molecule has 1 N–H and O–H groups in total. The fourth-order valence-electron chi connectivity index (χ4n) is 4.20. The van der Waals surface area contributed by atoms with Gasteiger partial charge in [-0.3, -0.25) is 9.59 Å². The average Bonchev–Trinajstić information content (AvgIpc) is 3.03. The molecule has 0 aromatic heterocycles. The molecule has 1 unspecified atom stereocenters. The van der Waals surface area contributed by atoms with E-state index in [1.165, 1.54) is 6.07 Å². The highest BCUT2D eigenvalue weighted by Crippen LogP contribution is 2.38. The standard InChI is InChI=1S/C19H25FN2O3/c20-16-6-2-1-5-15(16)7-8-17(24)22-12-4-10-19(22)9-3-11-21(13-14-23)18(19)25/h1-2,5-6,23H,3-4,7-14H2. The number of piperidine rings is 1. The normalized spacial score (nSPS) is 23.5. The molecule has 2 aliphatic heterocycles. The van der Waals surface area contributed by atoms with Crippen molar-refractivity contribution in [2.75, 3.05) is 26.2 Å². The molecule has 2 amide bonds. The van der Waals surface area contributed by atoms with Gasteiger partial charge in [0.1, 0.15) is 11.4 Å². The van der Waals surface area contributed by atoms with Gasteiger partial charge in [0, 0.05) is 26.1 Å². The third-order valence-electron chi connectivity index (χ3n) is 5.43. The van der Waals surface area contributed by atoms with Crippen molar-refractivity contribution in [3.8, 4) is 0 Å². The van der Waals surface area contributed by atoms with Crippen LogP contribution in [0.2, 0.25) is 0 Å². The molecule has 2 heterocycles. The minimum atomic E-state index is -0.750. The Morgan fingerprint density at radius 3 is 2.64 bits per heavy atom. The second kappa shape index (κ2) is 7.52. The summed E-state index contributed by atoms with van der Waals surface area (Å²) in [6.07, 6.45) is 3.55. The second-order valence-corrected chi connectivity index (χ2v) is 6.89. The van der Waals surface area contributed by atoms with Crippen LogP contribution in [0, 0.1) is 5.82 Å². The summed E-state index contributed by atoms with van der Waals surface area (Å²) in [5.41, 5.74) is -0.222. The molecule has 2 aliphatic rings. The zero-order valence-corrected chi connectivity index (χ0v) is 14.4. The van der Waals surface area contributed by atoms with Gasteiger partial charge in [-0.15, -0.1) is 0 Å². The largest absolute Gasteiger partial charge is 0.395 e. The smallest absolute Gasteiger partial charge is 0.248 e. The van der Waals surface area contributed by atoms with E-state index >= 15 is 0 Å². The monoisotopic (exact) mass is 348 g/mol. The number of rotatable bonds is 5. The van der Waals surface area contributed by atoms with Gasteiger partial charge in [0.15, 0.2) is 0 Å². The van der Waals surface area contributed by atoms with Crippen molar-refractivity contribution < 1.29 is 19.1 Å². The third kappa shape index (κ3) is 3.40. The number of carbonyl (C=O) groups excluding carboxylic acids is 2. The molecule has 6 heteroatoms. The lowest BCUT2D eigenvalue weighted by molar-refractivity contribution is -0.155. The van der Waals surface area contributed by atoms with Gasteiger partial charge in [-0.2, -0.15) is 0 Å². The highest BCUT2D eigenvalue weighted by Gasteiger charge is 2.52. The summed E-state index contributed by atoms with van der Waals surface area (Å²) >= 11 is 0. The molecule has 1 atom stereocenters. The topological polar surface area (TPSA) is 60.9 Å². The summed E-state index contributed by atoms with van der Waals surface area (Å²) < 4.78 is 13.8. The summed E-state index contributed by atoms with van der Waals surface area (Å²) in [4.78, 5) is 29.1. The predicted octanol–water partition coefficient (Wildman–Crippen LogP) is 1.73. The maximum absolute atomic E-state index is 13.8. The van der Waals surface area contributed by atoms with Crippen LogP contribution in [0.3, 0.4) is 0 Å². The molecular formula is C19H25FN2O3. The minimum Gasteiger partial charge on any atom is -0.395 e. The van der Waals surface area contributed by atoms with Crippen molar-refractivity contribution in [3.05, 3.63) is 35.6 Å². The maximum Gasteiger partial charge on any atom is 0.248 e. The van der Waals surface area contributed by atoms with Crippen molar-refractivity contribution in [3.63, 3.8) is 0 Å². The first kappa shape index (κ1) is 17.9. The number of hydrogen-bond donors (Lipinski definition) is 1. The zero-order chi connectivity index (χ0) is 17.9. The number of hydrogen-bond acceptors (Lipinski definition) is 3. The fourth-order valence-corrected chi connectivity index (χ4v) is 4.20. The summed E-state index contributed by atoms with van der Waals surface area (Å²) in [7, 11) is 0. The van der Waals surface area contributed by atoms with Crippen LogP contribution in [0.5, 0.6) is 0 Å². The lowest BCUT2D eigenvalue weighted by Gasteiger charge is -2.44. The van der Waals surface area contributed by atoms with E-state index in [-0.39, 0.29) is 30.7 Å². The van der Waals surface area contributed by atoms with Gasteiger partial charge in [0.25, 0.3) is 0 Å². The van der Waals surface area contributed by atoms with E-state index in [4.69, 9.17) is 5.11 Å². The number of aryl methyl sites for hydroxylation is 1. The van der Waals surface area contributed by atoms with Crippen molar-refractivity contribution >= 4 is 11.8 Å². The van der Waals surface area contributed by atoms with Gasteiger partial charge in [0.2, 0.25) is 11.8 Å². The van der Waals surface area contributed by atoms with Crippen molar-refractivity contribution in [2.24, 2.45) is 0 Å². The van der Waals surface area contributed by atoms with Crippen LogP contribution >= 0.6 is 0 Å². The summed E-state index contributed by atoms with van der Waals surface area (Å²) in [6, 6.07) is 6.48. The van der Waals surface area contributed by atoms with Crippen LogP contribution in [0.25, 0.3) is 0 Å². The van der Waals surface area contributed by atoms with E-state index < -0.39 is 5.54 Å². The maximum atomic E-state index is 13.8. The summed E-state index contributed by atoms with van der Waals surface area (Å²) in [6.45, 7) is 1.47. The van der Waals surface area contributed by atoms with Crippen LogP contribution < -0.4 is 0 Å². The summed E-state index contributed by atoms with van der Waals surface area (Å²) in [5.74, 6) is -0.418. The molecule has 2 fully saturated rings. The summed E-state index contributed by atoms with van der Waals surface area (Å²) in [5, 5.41) is 9.17. The van der Waals surface area contributed by atoms with E-state index in [1.54, 1.807) is 28.0 Å². The van der Waals surface area contributed by atoms with Crippen LogP contribution in [0.1, 0.15) is 37.7 Å². The van der Waals surface area contributed by atoms with Gasteiger partial charge >= 0.3 is 0 Å². The first-order chi connectivity index (χ1) is 12.1. The number of aliphatic hydroxyl groups excluding tert-OH is 1. The van der Waals surface area contributed by atoms with Crippen molar-refractivity contribution in [1.82, 2.24) is 9.80 Å². The molecule has 25 heavy (non-hydrogen) atoms. The molecule has 0 bridgehead atoms. The highest BCUT2D eigenvalue weighted by atomic mass is 19.1. The van der Waals surface area contributed by atoms with E-state index in [9.17, 15) is 14.0 Å². The van der Waals surface area contributed by atoms with Crippen LogP contribution in [0.4, 0.5) is 4.39 Å². The van der Waals surface area contributed by atoms with Crippen molar-refractivity contribution in [2.45, 2.75) is 44.1 Å². The highest BCUT2D eigenvalue weighted by molar-refractivity contribution is 5.92. The molecular weight excluding hydrogens is 323 g/mol. The Labute approximate surface area is 147 Å². The Hall–Kier alpha value is -1.95. The van der Waals surface area contributed by atoms with Crippen LogP contribution in [-0.4, -0.2) is 58.5 Å². The predicted molar refractivity (Wildman–Crippen MR) is 91.3 cm³/mol. The minimum absolute atomic E-state index is 0.0375. The Morgan fingerprint density at radius 1 is 1.20 bits per heavy atom. The lowest BCUT2D eigenvalue weighted by Crippen LogP contribution is -2.61. The van der Waals surface area contributed by atoms with E-state index in [0.29, 0.717) is 44.5 Å². The van der Waals surface area contributed by atoms with Gasteiger partial charge in [-0.05, 0) is 43.7 Å². The number of likely N-dealkylation sites (tertiary alicyclic amines) is 2. The number of carbonyl (C=O) groups is 2. The van der Waals surface area contributed by atoms with E-state index in [2.05, 4.69) is 0 Å². The SMILES string of the molecule is O=C(CCc1ccccc1F)N1CCCC12CCCN(CCO)C2=O. The molecule has 0 aliphatic carbocycles. The first-order valence-corrected chi connectivity index (χ1v) is 9.02. The number of halogens is 1. The first-order valence-electron chi connectivity index (χ1n) is 9.02. The van der Waals surface area contributed by atoms with Crippen LogP contribution in [-0.2, 0) is 16.0 Å². The Kier molecular flexibility index (Phi) is 5.37. The Bertz CT molecular complexity index is 649. The van der Waals surface area contributed by atoms with Crippen molar-refractivity contribution in [1.29, 1.82) is 0 Å². The number of amides is 2.